The van der Waals surface area contributed by atoms with E-state index < -0.39 is 0 Å². The molecule has 0 heterocycles. The molecule has 4 heteroatoms. The molecule has 0 amide bonds. The molecule has 0 aliphatic heterocycles. The molecule has 0 bridgehead atoms. The lowest BCUT2D eigenvalue weighted by atomic mass is 9.92. The summed E-state index contributed by atoms with van der Waals surface area (Å²) in [5.74, 6) is 0.507. The molecule has 0 spiro atoms. The van der Waals surface area contributed by atoms with Gasteiger partial charge >= 0.3 is 0 Å². The van der Waals surface area contributed by atoms with Gasteiger partial charge in [0.15, 0.2) is 5.96 Å². The van der Waals surface area contributed by atoms with E-state index in [-0.39, 0.29) is 11.2 Å². The van der Waals surface area contributed by atoms with Crippen LogP contribution in [0.5, 0.6) is 0 Å². The summed E-state index contributed by atoms with van der Waals surface area (Å²) in [6.07, 6.45) is 1.05. The SMILES string of the molecule is CN=C(NCCC(C)(C)C)NCc1ccccc1F. The Labute approximate surface area is 115 Å². The van der Waals surface area contributed by atoms with E-state index in [2.05, 4.69) is 36.4 Å². The lowest BCUT2D eigenvalue weighted by Crippen LogP contribution is -2.38. The van der Waals surface area contributed by atoms with Gasteiger partial charge in [0.05, 0.1) is 0 Å². The number of benzene rings is 1. The molecule has 0 radical (unpaired) electrons. The number of hydrogen-bond donors (Lipinski definition) is 2. The third-order valence-electron chi connectivity index (χ3n) is 2.80. The van der Waals surface area contributed by atoms with Gasteiger partial charge in [-0.2, -0.15) is 0 Å². The molecule has 3 nitrogen and oxygen atoms in total. The fourth-order valence-electron chi connectivity index (χ4n) is 1.60. The second-order valence-electron chi connectivity index (χ2n) is 5.75. The minimum absolute atomic E-state index is 0.194. The van der Waals surface area contributed by atoms with Crippen molar-refractivity contribution < 1.29 is 4.39 Å². The van der Waals surface area contributed by atoms with Gasteiger partial charge in [0.25, 0.3) is 0 Å². The zero-order valence-electron chi connectivity index (χ0n) is 12.3. The maximum absolute atomic E-state index is 13.5. The molecule has 19 heavy (non-hydrogen) atoms. The van der Waals surface area contributed by atoms with Crippen LogP contribution in [0.3, 0.4) is 0 Å². The Bertz CT molecular complexity index is 422. The van der Waals surface area contributed by atoms with Crippen LogP contribution in [0.2, 0.25) is 0 Å². The molecule has 0 aliphatic carbocycles. The van der Waals surface area contributed by atoms with E-state index in [1.165, 1.54) is 6.07 Å². The predicted octanol–water partition coefficient (Wildman–Crippen LogP) is 2.93. The number of rotatable bonds is 4. The fourth-order valence-corrected chi connectivity index (χ4v) is 1.60. The van der Waals surface area contributed by atoms with Gasteiger partial charge in [-0.05, 0) is 17.9 Å². The summed E-state index contributed by atoms with van der Waals surface area (Å²) in [6.45, 7) is 7.88. The maximum Gasteiger partial charge on any atom is 0.191 e. The normalized spacial score (nSPS) is 12.4. The summed E-state index contributed by atoms with van der Waals surface area (Å²) in [7, 11) is 1.72. The lowest BCUT2D eigenvalue weighted by Gasteiger charge is -2.19. The Morgan fingerprint density at radius 1 is 1.21 bits per heavy atom. The van der Waals surface area contributed by atoms with E-state index in [9.17, 15) is 4.39 Å². The molecule has 1 aromatic rings. The smallest absolute Gasteiger partial charge is 0.191 e. The second-order valence-corrected chi connectivity index (χ2v) is 5.75. The van der Waals surface area contributed by atoms with Gasteiger partial charge < -0.3 is 10.6 Å². The van der Waals surface area contributed by atoms with Crippen LogP contribution in [0.1, 0.15) is 32.8 Å². The van der Waals surface area contributed by atoms with Crippen LogP contribution in [0.15, 0.2) is 29.3 Å². The summed E-state index contributed by atoms with van der Waals surface area (Å²) >= 11 is 0. The minimum Gasteiger partial charge on any atom is -0.356 e. The van der Waals surface area contributed by atoms with Crippen molar-refractivity contribution in [3.05, 3.63) is 35.6 Å². The van der Waals surface area contributed by atoms with E-state index in [0.29, 0.717) is 18.1 Å². The van der Waals surface area contributed by atoms with Crippen molar-refractivity contribution >= 4 is 5.96 Å². The summed E-state index contributed by atoms with van der Waals surface area (Å²) < 4.78 is 13.5. The zero-order chi connectivity index (χ0) is 14.3. The molecule has 1 aromatic carbocycles. The first kappa shape index (κ1) is 15.5. The molecule has 0 saturated heterocycles. The molecule has 0 aliphatic rings. The highest BCUT2D eigenvalue weighted by Gasteiger charge is 2.09. The molecule has 106 valence electrons. The van der Waals surface area contributed by atoms with Crippen LogP contribution in [0.4, 0.5) is 4.39 Å². The van der Waals surface area contributed by atoms with Gasteiger partial charge in [0, 0.05) is 25.7 Å². The third kappa shape index (κ3) is 6.22. The third-order valence-corrected chi connectivity index (χ3v) is 2.80. The van der Waals surface area contributed by atoms with Crippen molar-refractivity contribution in [3.8, 4) is 0 Å². The molecular formula is C15H24FN3. The van der Waals surface area contributed by atoms with Crippen molar-refractivity contribution in [2.75, 3.05) is 13.6 Å². The first-order valence-electron chi connectivity index (χ1n) is 6.60. The molecular weight excluding hydrogens is 241 g/mol. The van der Waals surface area contributed by atoms with Crippen LogP contribution >= 0.6 is 0 Å². The van der Waals surface area contributed by atoms with E-state index >= 15 is 0 Å². The van der Waals surface area contributed by atoms with E-state index in [1.54, 1.807) is 19.2 Å². The topological polar surface area (TPSA) is 36.4 Å². The standard InChI is InChI=1S/C15H24FN3/c1-15(2,3)9-10-18-14(17-4)19-11-12-7-5-6-8-13(12)16/h5-8H,9-11H2,1-4H3,(H2,17,18,19). The average molecular weight is 265 g/mol. The van der Waals surface area contributed by atoms with Gasteiger partial charge in [-0.15, -0.1) is 0 Å². The van der Waals surface area contributed by atoms with Gasteiger partial charge in [-0.3, -0.25) is 4.99 Å². The number of nitrogens with zero attached hydrogens (tertiary/aromatic N) is 1. The molecule has 0 fully saturated rings. The van der Waals surface area contributed by atoms with Crippen LogP contribution in [-0.4, -0.2) is 19.6 Å². The molecule has 2 N–H and O–H groups in total. The summed E-state index contributed by atoms with van der Waals surface area (Å²) in [5.41, 5.74) is 0.929. The van der Waals surface area contributed by atoms with Crippen molar-refractivity contribution in [1.29, 1.82) is 0 Å². The zero-order valence-corrected chi connectivity index (χ0v) is 12.3. The highest BCUT2D eigenvalue weighted by Crippen LogP contribution is 2.16. The van der Waals surface area contributed by atoms with Crippen molar-refractivity contribution in [1.82, 2.24) is 10.6 Å². The number of nitrogens with one attached hydrogen (secondary N) is 2. The Hall–Kier alpha value is -1.58. The molecule has 0 saturated carbocycles. The molecule has 1 rings (SSSR count). The summed E-state index contributed by atoms with van der Waals surface area (Å²) in [4.78, 5) is 4.12. The number of hydrogen-bond acceptors (Lipinski definition) is 1. The number of halogens is 1. The van der Waals surface area contributed by atoms with E-state index in [0.717, 1.165) is 13.0 Å². The number of guanidine groups is 1. The Morgan fingerprint density at radius 2 is 1.89 bits per heavy atom. The minimum atomic E-state index is -0.194. The van der Waals surface area contributed by atoms with Gasteiger partial charge in [-0.25, -0.2) is 4.39 Å². The van der Waals surface area contributed by atoms with E-state index in [4.69, 9.17) is 0 Å². The van der Waals surface area contributed by atoms with Crippen LogP contribution < -0.4 is 10.6 Å². The maximum atomic E-state index is 13.5. The number of aliphatic imine (C=N–C) groups is 1. The highest BCUT2D eigenvalue weighted by molar-refractivity contribution is 5.79. The Kier molecular flexibility index (Phi) is 5.80. The molecule has 0 unspecified atom stereocenters. The van der Waals surface area contributed by atoms with Crippen LogP contribution in [0, 0.1) is 11.2 Å². The summed E-state index contributed by atoms with van der Waals surface area (Å²) in [6, 6.07) is 6.75. The van der Waals surface area contributed by atoms with Crippen molar-refractivity contribution in [2.45, 2.75) is 33.7 Å². The Balaban J connectivity index is 2.40. The van der Waals surface area contributed by atoms with Gasteiger partial charge in [0.1, 0.15) is 5.82 Å². The lowest BCUT2D eigenvalue weighted by molar-refractivity contribution is 0.377. The largest absolute Gasteiger partial charge is 0.356 e. The van der Waals surface area contributed by atoms with Crippen molar-refractivity contribution in [3.63, 3.8) is 0 Å². The van der Waals surface area contributed by atoms with Gasteiger partial charge in [0.2, 0.25) is 0 Å². The average Bonchev–Trinajstić information content (AvgIpc) is 2.34. The van der Waals surface area contributed by atoms with Crippen LogP contribution in [-0.2, 0) is 6.54 Å². The Morgan fingerprint density at radius 3 is 2.47 bits per heavy atom. The monoisotopic (exact) mass is 265 g/mol. The second kappa shape index (κ2) is 7.12. The fraction of sp³-hybridized carbons (Fsp3) is 0.533. The summed E-state index contributed by atoms with van der Waals surface area (Å²) in [5, 5.41) is 6.34. The van der Waals surface area contributed by atoms with Crippen LogP contribution in [0.25, 0.3) is 0 Å². The molecule has 0 atom stereocenters. The quantitative estimate of drug-likeness (QED) is 0.648. The highest BCUT2D eigenvalue weighted by atomic mass is 19.1. The molecule has 0 aromatic heterocycles. The predicted molar refractivity (Wildman–Crippen MR) is 78.7 cm³/mol. The van der Waals surface area contributed by atoms with Crippen molar-refractivity contribution in [2.24, 2.45) is 10.4 Å². The van der Waals surface area contributed by atoms with E-state index in [1.807, 2.05) is 6.07 Å². The first-order chi connectivity index (χ1) is 8.92. The first-order valence-corrected chi connectivity index (χ1v) is 6.60. The van der Waals surface area contributed by atoms with Gasteiger partial charge in [-0.1, -0.05) is 39.0 Å².